The zero-order valence-electron chi connectivity index (χ0n) is 15.1. The molecular formula is C20H33NaO5. The van der Waals surface area contributed by atoms with E-state index in [0.29, 0.717) is 19.3 Å². The van der Waals surface area contributed by atoms with Crippen molar-refractivity contribution in [2.24, 2.45) is 11.8 Å². The number of aliphatic hydroxyl groups is 2. The number of unbranched alkanes of at least 4 members (excludes halogenated alkanes) is 3. The van der Waals surface area contributed by atoms with Crippen LogP contribution in [-0.2, 0) is 9.53 Å². The standard InChI is InChI=1S/C20H32O5.Na.H/c1-2-3-4-7-14(21)10-11-16-17-12-15(8-5-6-9-20(23)24)25-19(17)13-18(16)22;;/h8,10-11,14,16-19,21-22H,2-7,9,12-13H2,1H3,(H,23,24);;/b11-10+,15-8-;;/t14-,16+,17+,18+,19-;;/m0../s1. The van der Waals surface area contributed by atoms with E-state index in [0.717, 1.165) is 37.9 Å². The first-order valence-corrected chi connectivity index (χ1v) is 9.63. The van der Waals surface area contributed by atoms with E-state index in [2.05, 4.69) is 6.92 Å². The van der Waals surface area contributed by atoms with Crippen LogP contribution in [0, 0.1) is 11.8 Å². The van der Waals surface area contributed by atoms with Gasteiger partial charge in [-0.2, -0.15) is 0 Å². The van der Waals surface area contributed by atoms with Crippen molar-refractivity contribution < 1.29 is 24.9 Å². The van der Waals surface area contributed by atoms with Crippen molar-refractivity contribution in [2.75, 3.05) is 0 Å². The molecule has 0 aromatic carbocycles. The van der Waals surface area contributed by atoms with E-state index >= 15 is 0 Å². The molecule has 2 fully saturated rings. The number of ether oxygens (including phenoxy) is 1. The molecule has 1 aliphatic carbocycles. The Hall–Kier alpha value is -0.330. The first-order valence-electron chi connectivity index (χ1n) is 9.63. The average Bonchev–Trinajstić information content (AvgIpc) is 3.06. The van der Waals surface area contributed by atoms with E-state index < -0.39 is 18.2 Å². The second kappa shape index (κ2) is 12.2. The minimum atomic E-state index is -0.770. The van der Waals surface area contributed by atoms with E-state index in [-0.39, 0.29) is 53.9 Å². The third-order valence-corrected chi connectivity index (χ3v) is 5.26. The first kappa shape index (κ1) is 23.7. The second-order valence-corrected chi connectivity index (χ2v) is 7.31. The fourth-order valence-corrected chi connectivity index (χ4v) is 3.86. The molecule has 0 radical (unpaired) electrons. The summed E-state index contributed by atoms with van der Waals surface area (Å²) in [6.45, 7) is 2.14. The maximum atomic E-state index is 10.5. The van der Waals surface area contributed by atoms with Gasteiger partial charge in [0, 0.05) is 31.1 Å². The van der Waals surface area contributed by atoms with Crippen LogP contribution in [0.15, 0.2) is 24.0 Å². The van der Waals surface area contributed by atoms with E-state index in [4.69, 9.17) is 9.84 Å². The Morgan fingerprint density at radius 1 is 1.35 bits per heavy atom. The van der Waals surface area contributed by atoms with Gasteiger partial charge in [-0.1, -0.05) is 38.3 Å². The monoisotopic (exact) mass is 376 g/mol. The van der Waals surface area contributed by atoms with Gasteiger partial charge in [0.15, 0.2) is 0 Å². The molecule has 2 aliphatic rings. The van der Waals surface area contributed by atoms with Crippen molar-refractivity contribution in [3.05, 3.63) is 24.0 Å². The number of hydrogen-bond donors (Lipinski definition) is 3. The Balaban J connectivity index is 0.00000338. The van der Waals surface area contributed by atoms with Crippen LogP contribution in [0.3, 0.4) is 0 Å². The van der Waals surface area contributed by atoms with Crippen LogP contribution in [0.5, 0.6) is 0 Å². The van der Waals surface area contributed by atoms with Crippen molar-refractivity contribution in [2.45, 2.75) is 83.0 Å². The summed E-state index contributed by atoms with van der Waals surface area (Å²) in [4.78, 5) is 10.5. The quantitative estimate of drug-likeness (QED) is 0.310. The van der Waals surface area contributed by atoms with E-state index in [1.54, 1.807) is 0 Å². The van der Waals surface area contributed by atoms with Gasteiger partial charge in [-0.25, -0.2) is 0 Å². The predicted molar refractivity (Wildman–Crippen MR) is 103 cm³/mol. The van der Waals surface area contributed by atoms with Gasteiger partial charge < -0.3 is 20.1 Å². The molecule has 0 aromatic rings. The first-order chi connectivity index (χ1) is 12.0. The van der Waals surface area contributed by atoms with Gasteiger partial charge in [0.2, 0.25) is 0 Å². The summed E-state index contributed by atoms with van der Waals surface area (Å²) < 4.78 is 5.94. The van der Waals surface area contributed by atoms with E-state index in [1.807, 2.05) is 18.2 Å². The maximum absolute atomic E-state index is 10.5. The molecule has 2 rings (SSSR count). The van der Waals surface area contributed by atoms with Gasteiger partial charge in [-0.3, -0.25) is 4.79 Å². The molecule has 3 N–H and O–H groups in total. The Morgan fingerprint density at radius 2 is 2.12 bits per heavy atom. The number of carboxylic acid groups (broad SMARTS) is 1. The number of aliphatic hydroxyl groups excluding tert-OH is 2. The van der Waals surface area contributed by atoms with Gasteiger partial charge in [0.25, 0.3) is 0 Å². The average molecular weight is 376 g/mol. The van der Waals surface area contributed by atoms with Crippen LogP contribution < -0.4 is 0 Å². The normalized spacial score (nSPS) is 30.2. The Labute approximate surface area is 178 Å². The van der Waals surface area contributed by atoms with E-state index in [9.17, 15) is 15.0 Å². The van der Waals surface area contributed by atoms with E-state index in [1.165, 1.54) is 0 Å². The molecule has 5 nitrogen and oxygen atoms in total. The molecule has 1 saturated carbocycles. The Morgan fingerprint density at radius 3 is 2.81 bits per heavy atom. The summed E-state index contributed by atoms with van der Waals surface area (Å²) >= 11 is 0. The molecule has 1 aliphatic heterocycles. The molecule has 0 spiro atoms. The van der Waals surface area contributed by atoms with Crippen LogP contribution in [0.4, 0.5) is 0 Å². The van der Waals surface area contributed by atoms with Gasteiger partial charge in [0.05, 0.1) is 18.0 Å². The molecule has 0 bridgehead atoms. The summed E-state index contributed by atoms with van der Waals surface area (Å²) in [6.07, 6.45) is 12.0. The summed E-state index contributed by atoms with van der Waals surface area (Å²) in [5.74, 6) is 0.429. The zero-order valence-corrected chi connectivity index (χ0v) is 15.1. The summed E-state index contributed by atoms with van der Waals surface area (Å²) in [5.41, 5.74) is 0. The minimum absolute atomic E-state index is 0. The summed E-state index contributed by atoms with van der Waals surface area (Å²) in [6, 6.07) is 0. The predicted octanol–water partition coefficient (Wildman–Crippen LogP) is 2.76. The summed E-state index contributed by atoms with van der Waals surface area (Å²) in [7, 11) is 0. The number of carboxylic acids is 1. The van der Waals surface area contributed by atoms with Crippen molar-refractivity contribution in [1.29, 1.82) is 0 Å². The van der Waals surface area contributed by atoms with Crippen molar-refractivity contribution in [3.8, 4) is 0 Å². The van der Waals surface area contributed by atoms with Crippen molar-refractivity contribution in [1.82, 2.24) is 0 Å². The van der Waals surface area contributed by atoms with Crippen LogP contribution in [-0.4, -0.2) is 69.2 Å². The molecule has 1 heterocycles. The number of allylic oxidation sites excluding steroid dienone is 2. The molecule has 144 valence electrons. The third kappa shape index (κ3) is 7.35. The van der Waals surface area contributed by atoms with Crippen LogP contribution in [0.2, 0.25) is 0 Å². The van der Waals surface area contributed by atoms with Gasteiger partial charge in [-0.05, 0) is 25.3 Å². The molecule has 26 heavy (non-hydrogen) atoms. The topological polar surface area (TPSA) is 87.0 Å². The number of carbonyl (C=O) groups is 1. The molecule has 6 heteroatoms. The number of rotatable bonds is 10. The fraction of sp³-hybridized carbons (Fsp3) is 0.750. The summed E-state index contributed by atoms with van der Waals surface area (Å²) in [5, 5.41) is 29.0. The molecule has 1 saturated heterocycles. The van der Waals surface area contributed by atoms with Gasteiger partial charge in [0.1, 0.15) is 6.10 Å². The van der Waals surface area contributed by atoms with Crippen LogP contribution in [0.1, 0.15) is 64.7 Å². The molecule has 0 unspecified atom stereocenters. The SMILES string of the molecule is CCCCC[C@H](O)/C=C/[C@@H]1[C@H]2C/C(=C/CCCC(=O)O)O[C@H]2C[C@H]1O.[NaH]. The van der Waals surface area contributed by atoms with Crippen molar-refractivity contribution in [3.63, 3.8) is 0 Å². The molecule has 0 amide bonds. The number of aliphatic carboxylic acids is 1. The van der Waals surface area contributed by atoms with Crippen LogP contribution >= 0.6 is 0 Å². The third-order valence-electron chi connectivity index (χ3n) is 5.26. The Kier molecular flexibility index (Phi) is 11.1. The second-order valence-electron chi connectivity index (χ2n) is 7.31. The fourth-order valence-electron chi connectivity index (χ4n) is 3.86. The number of hydrogen-bond acceptors (Lipinski definition) is 4. The Bertz CT molecular complexity index is 491. The van der Waals surface area contributed by atoms with Gasteiger partial charge >= 0.3 is 35.5 Å². The van der Waals surface area contributed by atoms with Crippen LogP contribution in [0.25, 0.3) is 0 Å². The number of fused-ring (bicyclic) bond motifs is 1. The van der Waals surface area contributed by atoms with Crippen molar-refractivity contribution >= 4 is 35.5 Å². The molecule has 0 aromatic heterocycles. The van der Waals surface area contributed by atoms with Gasteiger partial charge in [-0.15, -0.1) is 0 Å². The molecule has 5 atom stereocenters. The zero-order chi connectivity index (χ0) is 18.2. The molecular weight excluding hydrogens is 343 g/mol.